The first kappa shape index (κ1) is 22.9. The van der Waals surface area contributed by atoms with Crippen molar-refractivity contribution in [1.82, 2.24) is 4.98 Å². The highest BCUT2D eigenvalue weighted by molar-refractivity contribution is 6.09. The van der Waals surface area contributed by atoms with Gasteiger partial charge in [0.05, 0.1) is 11.1 Å². The number of aliphatic hydroxyl groups excluding tert-OH is 1. The number of aromatic amines is 1. The molecule has 1 aromatic heterocycles. The first-order chi connectivity index (χ1) is 17.1. The average Bonchev–Trinajstić information content (AvgIpc) is 3.39. The highest BCUT2D eigenvalue weighted by Crippen LogP contribution is 2.47. The number of aliphatic hydroxyl groups is 1. The van der Waals surface area contributed by atoms with Crippen LogP contribution in [0.5, 0.6) is 28.9 Å². The standard InChI is InChI=1S/C24H17NO11/c1-9(26)35-23(31)10-2-3-15-13(4-10)20(24(32)36-15)21(29)12-6-17-16(33-8-34-17)5-11(12)19-14(27)7-18(28)25-22(19)30/h2-7,20,24,32H,8H2,1H3,(H3,25,27,28,30). The van der Waals surface area contributed by atoms with Gasteiger partial charge in [0.15, 0.2) is 17.3 Å². The predicted octanol–water partition coefficient (Wildman–Crippen LogP) is 1.56. The van der Waals surface area contributed by atoms with Crippen LogP contribution >= 0.6 is 0 Å². The fourth-order valence-corrected chi connectivity index (χ4v) is 4.16. The minimum Gasteiger partial charge on any atom is -0.507 e. The Morgan fingerprint density at radius 1 is 1.03 bits per heavy atom. The van der Waals surface area contributed by atoms with E-state index in [2.05, 4.69) is 9.72 Å². The molecular weight excluding hydrogens is 478 g/mol. The van der Waals surface area contributed by atoms with Gasteiger partial charge in [-0.3, -0.25) is 19.4 Å². The van der Waals surface area contributed by atoms with Gasteiger partial charge in [0.1, 0.15) is 17.4 Å². The summed E-state index contributed by atoms with van der Waals surface area (Å²) in [5.74, 6) is -4.64. The van der Waals surface area contributed by atoms with Crippen molar-refractivity contribution in [3.63, 3.8) is 0 Å². The van der Waals surface area contributed by atoms with Crippen LogP contribution in [0.25, 0.3) is 11.1 Å². The Hall–Kier alpha value is -4.84. The van der Waals surface area contributed by atoms with Crippen molar-refractivity contribution in [3.8, 4) is 40.0 Å². The second kappa shape index (κ2) is 8.43. The van der Waals surface area contributed by atoms with Gasteiger partial charge in [-0.25, -0.2) is 4.79 Å². The lowest BCUT2D eigenvalue weighted by atomic mass is 9.86. The van der Waals surface area contributed by atoms with Crippen molar-refractivity contribution in [2.24, 2.45) is 0 Å². The maximum absolute atomic E-state index is 13.8. The number of H-pyrrole nitrogens is 1. The van der Waals surface area contributed by atoms with E-state index in [1.54, 1.807) is 0 Å². The van der Waals surface area contributed by atoms with Crippen LogP contribution in [-0.4, -0.2) is 51.1 Å². The van der Waals surface area contributed by atoms with Crippen LogP contribution in [0.3, 0.4) is 0 Å². The summed E-state index contributed by atoms with van der Waals surface area (Å²) in [5.41, 5.74) is -1.09. The van der Waals surface area contributed by atoms with Gasteiger partial charge in [0.2, 0.25) is 19.0 Å². The van der Waals surface area contributed by atoms with Gasteiger partial charge >= 0.3 is 11.9 Å². The van der Waals surface area contributed by atoms with Crippen LogP contribution in [0.15, 0.2) is 41.2 Å². The Kier molecular flexibility index (Phi) is 5.37. The molecule has 36 heavy (non-hydrogen) atoms. The van der Waals surface area contributed by atoms with Gasteiger partial charge in [-0.05, 0) is 30.3 Å². The first-order valence-electron chi connectivity index (χ1n) is 10.5. The maximum Gasteiger partial charge on any atom is 0.345 e. The molecule has 0 bridgehead atoms. The Labute approximate surface area is 201 Å². The molecule has 12 nitrogen and oxygen atoms in total. The third kappa shape index (κ3) is 3.79. The van der Waals surface area contributed by atoms with Gasteiger partial charge in [-0.2, -0.15) is 0 Å². The number of nitrogens with one attached hydrogen (secondary N) is 1. The molecule has 0 amide bonds. The highest BCUT2D eigenvalue weighted by Gasteiger charge is 2.41. The number of ether oxygens (including phenoxy) is 4. The molecule has 4 N–H and O–H groups in total. The molecule has 0 spiro atoms. The Balaban J connectivity index is 1.64. The molecule has 3 heterocycles. The van der Waals surface area contributed by atoms with Crippen LogP contribution in [0, 0.1) is 0 Å². The number of benzene rings is 2. The third-order valence-corrected chi connectivity index (χ3v) is 5.68. The second-order valence-corrected chi connectivity index (χ2v) is 7.98. The summed E-state index contributed by atoms with van der Waals surface area (Å²) in [7, 11) is 0. The Morgan fingerprint density at radius 2 is 1.75 bits per heavy atom. The van der Waals surface area contributed by atoms with E-state index in [4.69, 9.17) is 14.2 Å². The van der Waals surface area contributed by atoms with Crippen molar-refractivity contribution in [2.75, 3.05) is 6.79 Å². The molecule has 0 saturated heterocycles. The molecule has 3 aromatic rings. The zero-order valence-corrected chi connectivity index (χ0v) is 18.4. The van der Waals surface area contributed by atoms with E-state index >= 15 is 0 Å². The van der Waals surface area contributed by atoms with E-state index in [-0.39, 0.29) is 51.9 Å². The lowest BCUT2D eigenvalue weighted by molar-refractivity contribution is -0.135. The number of ketones is 1. The molecule has 2 atom stereocenters. The van der Waals surface area contributed by atoms with E-state index in [0.29, 0.717) is 0 Å². The topological polar surface area (TPSA) is 182 Å². The number of Topliss-reactive ketones (excluding diaryl/α,β-unsaturated/α-hetero) is 1. The fraction of sp³-hybridized carbons (Fsp3) is 0.167. The highest BCUT2D eigenvalue weighted by atomic mass is 16.7. The molecular formula is C24H17NO11. The zero-order valence-electron chi connectivity index (χ0n) is 18.4. The Bertz CT molecular complexity index is 1480. The van der Waals surface area contributed by atoms with Crippen LogP contribution < -0.4 is 19.8 Å². The molecule has 0 saturated carbocycles. The molecule has 5 rings (SSSR count). The second-order valence-electron chi connectivity index (χ2n) is 7.98. The fourth-order valence-electron chi connectivity index (χ4n) is 4.16. The molecule has 2 aliphatic heterocycles. The normalized spacial score (nSPS) is 17.3. The number of carbonyl (C=O) groups excluding carboxylic acids is 3. The summed E-state index contributed by atoms with van der Waals surface area (Å²) in [6.45, 7) is 0.920. The summed E-state index contributed by atoms with van der Waals surface area (Å²) >= 11 is 0. The van der Waals surface area contributed by atoms with Gasteiger partial charge in [-0.15, -0.1) is 0 Å². The molecule has 0 radical (unpaired) electrons. The van der Waals surface area contributed by atoms with Crippen LogP contribution in [-0.2, 0) is 9.53 Å². The quantitative estimate of drug-likeness (QED) is 0.234. The van der Waals surface area contributed by atoms with Crippen molar-refractivity contribution >= 4 is 17.7 Å². The number of hydrogen-bond acceptors (Lipinski definition) is 11. The maximum atomic E-state index is 13.8. The van der Waals surface area contributed by atoms with Crippen molar-refractivity contribution in [1.29, 1.82) is 0 Å². The number of rotatable bonds is 4. The number of esters is 2. The number of fused-ring (bicyclic) bond motifs is 2. The van der Waals surface area contributed by atoms with E-state index in [1.165, 1.54) is 30.3 Å². The number of carbonyl (C=O) groups is 3. The summed E-state index contributed by atoms with van der Waals surface area (Å²) in [5, 5.41) is 31.4. The largest absolute Gasteiger partial charge is 0.507 e. The summed E-state index contributed by atoms with van der Waals surface area (Å²) < 4.78 is 20.7. The lowest BCUT2D eigenvalue weighted by Crippen LogP contribution is -2.25. The lowest BCUT2D eigenvalue weighted by Gasteiger charge is -2.17. The van der Waals surface area contributed by atoms with Crippen molar-refractivity contribution in [3.05, 3.63) is 63.4 Å². The molecule has 2 aromatic carbocycles. The van der Waals surface area contributed by atoms with E-state index in [0.717, 1.165) is 13.0 Å². The molecule has 0 aliphatic carbocycles. The minimum absolute atomic E-state index is 0.0247. The molecule has 0 fully saturated rings. The van der Waals surface area contributed by atoms with Crippen LogP contribution in [0.4, 0.5) is 0 Å². The summed E-state index contributed by atoms with van der Waals surface area (Å²) in [6.07, 6.45) is -1.65. The SMILES string of the molecule is CC(=O)OC(=O)c1ccc2c(c1)C(C(=O)c1cc3c(cc1-c1c(O)cc(=O)[nH]c1O)OCO3)C(O)O2. The van der Waals surface area contributed by atoms with E-state index < -0.39 is 47.1 Å². The molecule has 184 valence electrons. The van der Waals surface area contributed by atoms with Gasteiger partial charge in [-0.1, -0.05) is 0 Å². The van der Waals surface area contributed by atoms with Crippen molar-refractivity contribution < 1.29 is 48.7 Å². The van der Waals surface area contributed by atoms with Gasteiger partial charge in [0.25, 0.3) is 5.56 Å². The van der Waals surface area contributed by atoms with Crippen LogP contribution in [0.2, 0.25) is 0 Å². The van der Waals surface area contributed by atoms with E-state index in [9.17, 15) is 34.5 Å². The average molecular weight is 495 g/mol. The number of hydrogen-bond donors (Lipinski definition) is 4. The third-order valence-electron chi connectivity index (χ3n) is 5.68. The Morgan fingerprint density at radius 3 is 2.44 bits per heavy atom. The molecule has 2 aliphatic rings. The van der Waals surface area contributed by atoms with Gasteiger partial charge < -0.3 is 34.3 Å². The summed E-state index contributed by atoms with van der Waals surface area (Å²) in [6, 6.07) is 7.40. The number of pyridine rings is 1. The number of aromatic nitrogens is 1. The number of aromatic hydroxyl groups is 2. The monoisotopic (exact) mass is 495 g/mol. The smallest absolute Gasteiger partial charge is 0.345 e. The predicted molar refractivity (Wildman–Crippen MR) is 118 cm³/mol. The van der Waals surface area contributed by atoms with Crippen molar-refractivity contribution in [2.45, 2.75) is 19.1 Å². The first-order valence-corrected chi connectivity index (χ1v) is 10.5. The van der Waals surface area contributed by atoms with Crippen LogP contribution in [0.1, 0.15) is 39.1 Å². The summed E-state index contributed by atoms with van der Waals surface area (Å²) in [4.78, 5) is 51.0. The zero-order chi connectivity index (χ0) is 25.7. The minimum atomic E-state index is -1.65. The van der Waals surface area contributed by atoms with E-state index in [1.807, 2.05) is 0 Å². The molecule has 12 heteroatoms. The van der Waals surface area contributed by atoms with Gasteiger partial charge in [0, 0.05) is 29.7 Å². The molecule has 2 unspecified atom stereocenters.